The van der Waals surface area contributed by atoms with Gasteiger partial charge in [-0.3, -0.25) is 15.0 Å². The summed E-state index contributed by atoms with van der Waals surface area (Å²) < 4.78 is 0. The lowest BCUT2D eigenvalue weighted by Gasteiger charge is -2.18. The molecule has 0 saturated heterocycles. The number of carbonyl (C=O) groups is 2. The Morgan fingerprint density at radius 1 is 1.21 bits per heavy atom. The van der Waals surface area contributed by atoms with E-state index < -0.39 is 24.0 Å². The molecule has 0 aliphatic rings. The number of carboxylic acid groups (broad SMARTS) is 2. The third-order valence-electron chi connectivity index (χ3n) is 2.20. The van der Waals surface area contributed by atoms with Crippen LogP contribution in [0.15, 0.2) is 0 Å². The van der Waals surface area contributed by atoms with Gasteiger partial charge in [0.25, 0.3) is 0 Å². The normalized spacial score (nSPS) is 13.5. The zero-order valence-corrected chi connectivity index (χ0v) is 11.1. The molecule has 0 aromatic carbocycles. The second-order valence-corrected chi connectivity index (χ2v) is 4.10. The summed E-state index contributed by atoms with van der Waals surface area (Å²) in [6.07, 6.45) is 0.714. The molecule has 110 valence electrons. The highest BCUT2D eigenvalue weighted by Crippen LogP contribution is 1.97. The molecule has 19 heavy (non-hydrogen) atoms. The number of nitrogens with two attached hydrogens (primary N) is 1. The standard InChI is InChI=1S/C9H19N5O4S/c10-9(11)12-3-1-2-5(7(15)16)13-14-6(4-19)8(17)18/h5-6,13-14,19H,1-4H2,(H,15,16)(H,17,18)(H4,10,11,12)/t5-,6-/m0/s1. The zero-order chi connectivity index (χ0) is 14.8. The fourth-order valence-corrected chi connectivity index (χ4v) is 1.42. The van der Waals surface area contributed by atoms with Crippen molar-refractivity contribution in [1.29, 1.82) is 5.41 Å². The largest absolute Gasteiger partial charge is 0.480 e. The van der Waals surface area contributed by atoms with Crippen molar-refractivity contribution in [3.05, 3.63) is 0 Å². The predicted molar refractivity (Wildman–Crippen MR) is 72.1 cm³/mol. The van der Waals surface area contributed by atoms with Gasteiger partial charge in [0.05, 0.1) is 0 Å². The van der Waals surface area contributed by atoms with Gasteiger partial charge in [-0.1, -0.05) is 0 Å². The number of nitrogens with one attached hydrogen (secondary N) is 4. The van der Waals surface area contributed by atoms with Crippen LogP contribution in [0.4, 0.5) is 0 Å². The quantitative estimate of drug-likeness (QED) is 0.0768. The van der Waals surface area contributed by atoms with Crippen molar-refractivity contribution in [3.63, 3.8) is 0 Å². The Hall–Kier alpha value is -1.52. The summed E-state index contributed by atoms with van der Waals surface area (Å²) in [6, 6.07) is -1.91. The molecule has 0 bridgehead atoms. The van der Waals surface area contributed by atoms with E-state index in [1.165, 1.54) is 0 Å². The summed E-state index contributed by atoms with van der Waals surface area (Å²) in [5.41, 5.74) is 9.93. The molecule has 0 aliphatic carbocycles. The molecular weight excluding hydrogens is 274 g/mol. The first-order valence-electron chi connectivity index (χ1n) is 5.54. The highest BCUT2D eigenvalue weighted by atomic mass is 32.1. The van der Waals surface area contributed by atoms with E-state index >= 15 is 0 Å². The number of aliphatic carboxylic acids is 2. The number of hydrazine groups is 1. The van der Waals surface area contributed by atoms with Gasteiger partial charge in [0.1, 0.15) is 12.1 Å². The molecule has 0 saturated carbocycles. The second kappa shape index (κ2) is 9.42. The summed E-state index contributed by atoms with van der Waals surface area (Å²) in [4.78, 5) is 21.6. The van der Waals surface area contributed by atoms with Gasteiger partial charge in [0.2, 0.25) is 0 Å². The molecule has 0 aromatic heterocycles. The molecule has 0 radical (unpaired) electrons. The minimum Gasteiger partial charge on any atom is -0.480 e. The molecule has 9 nitrogen and oxygen atoms in total. The highest BCUT2D eigenvalue weighted by molar-refractivity contribution is 7.80. The maximum atomic E-state index is 10.9. The minimum atomic E-state index is -1.12. The van der Waals surface area contributed by atoms with Gasteiger partial charge in [-0.25, -0.2) is 10.9 Å². The summed E-state index contributed by atoms with van der Waals surface area (Å²) in [5, 5.41) is 27.2. The third-order valence-corrected chi connectivity index (χ3v) is 2.56. The molecule has 0 aromatic rings. The topological polar surface area (TPSA) is 161 Å². The van der Waals surface area contributed by atoms with Crippen molar-refractivity contribution in [3.8, 4) is 0 Å². The van der Waals surface area contributed by atoms with E-state index in [2.05, 4.69) is 28.8 Å². The number of hydrogen-bond donors (Lipinski definition) is 8. The molecule has 2 atom stereocenters. The SMILES string of the molecule is N=C(N)NCCC[C@H](NN[C@@H](CS)C(=O)O)C(=O)O. The first-order chi connectivity index (χ1) is 8.88. The van der Waals surface area contributed by atoms with Crippen LogP contribution in [0, 0.1) is 5.41 Å². The van der Waals surface area contributed by atoms with Crippen LogP contribution in [0.25, 0.3) is 0 Å². The van der Waals surface area contributed by atoms with E-state index in [-0.39, 0.29) is 18.1 Å². The Kier molecular flexibility index (Phi) is 8.66. The number of rotatable bonds is 10. The molecule has 0 aliphatic heterocycles. The van der Waals surface area contributed by atoms with E-state index in [1.807, 2.05) is 0 Å². The average Bonchev–Trinajstić information content (AvgIpc) is 2.31. The fourth-order valence-electron chi connectivity index (χ4n) is 1.17. The van der Waals surface area contributed by atoms with E-state index in [0.717, 1.165) is 0 Å². The van der Waals surface area contributed by atoms with Gasteiger partial charge >= 0.3 is 11.9 Å². The van der Waals surface area contributed by atoms with Crippen molar-refractivity contribution >= 4 is 30.5 Å². The van der Waals surface area contributed by atoms with E-state index in [1.54, 1.807) is 0 Å². The average molecular weight is 293 g/mol. The van der Waals surface area contributed by atoms with Crippen LogP contribution in [0.3, 0.4) is 0 Å². The van der Waals surface area contributed by atoms with Crippen LogP contribution in [-0.2, 0) is 9.59 Å². The van der Waals surface area contributed by atoms with E-state index in [9.17, 15) is 9.59 Å². The number of guanidine groups is 1. The van der Waals surface area contributed by atoms with Gasteiger partial charge in [-0.15, -0.1) is 0 Å². The summed E-state index contributed by atoms with van der Waals surface area (Å²) in [7, 11) is 0. The predicted octanol–water partition coefficient (Wildman–Crippen LogP) is -1.82. The van der Waals surface area contributed by atoms with Crippen molar-refractivity contribution < 1.29 is 19.8 Å². The lowest BCUT2D eigenvalue weighted by Crippen LogP contribution is -2.53. The molecule has 8 N–H and O–H groups in total. The van der Waals surface area contributed by atoms with Crippen LogP contribution in [-0.4, -0.2) is 52.5 Å². The van der Waals surface area contributed by atoms with Crippen LogP contribution < -0.4 is 21.9 Å². The van der Waals surface area contributed by atoms with Crippen molar-refractivity contribution in [1.82, 2.24) is 16.2 Å². The van der Waals surface area contributed by atoms with Crippen molar-refractivity contribution in [2.24, 2.45) is 5.73 Å². The van der Waals surface area contributed by atoms with Crippen molar-refractivity contribution in [2.75, 3.05) is 12.3 Å². The molecule has 0 fully saturated rings. The Morgan fingerprint density at radius 2 is 1.74 bits per heavy atom. The molecule has 0 amide bonds. The number of carboxylic acids is 2. The molecule has 10 heteroatoms. The maximum Gasteiger partial charge on any atom is 0.322 e. The third kappa shape index (κ3) is 8.24. The summed E-state index contributed by atoms with van der Waals surface area (Å²) >= 11 is 3.84. The first-order valence-corrected chi connectivity index (χ1v) is 6.17. The highest BCUT2D eigenvalue weighted by Gasteiger charge is 2.20. The molecule has 0 unspecified atom stereocenters. The van der Waals surface area contributed by atoms with Crippen LogP contribution in [0.5, 0.6) is 0 Å². The maximum absolute atomic E-state index is 10.9. The number of thiol groups is 1. The van der Waals surface area contributed by atoms with Crippen LogP contribution >= 0.6 is 12.6 Å². The monoisotopic (exact) mass is 293 g/mol. The summed E-state index contributed by atoms with van der Waals surface area (Å²) in [6.45, 7) is 0.371. The first kappa shape index (κ1) is 17.5. The molecule has 0 heterocycles. The second-order valence-electron chi connectivity index (χ2n) is 3.74. The van der Waals surface area contributed by atoms with Gasteiger partial charge in [-0.2, -0.15) is 12.6 Å². The van der Waals surface area contributed by atoms with Gasteiger partial charge in [0.15, 0.2) is 5.96 Å². The Labute approximate surface area is 115 Å². The van der Waals surface area contributed by atoms with Gasteiger partial charge in [-0.05, 0) is 12.8 Å². The van der Waals surface area contributed by atoms with Crippen LogP contribution in [0.1, 0.15) is 12.8 Å². The Morgan fingerprint density at radius 3 is 2.16 bits per heavy atom. The minimum absolute atomic E-state index is 0.0283. The molecular formula is C9H19N5O4S. The molecule has 0 spiro atoms. The lowest BCUT2D eigenvalue weighted by atomic mass is 10.1. The van der Waals surface area contributed by atoms with E-state index in [0.29, 0.717) is 13.0 Å². The van der Waals surface area contributed by atoms with Crippen LogP contribution in [0.2, 0.25) is 0 Å². The fraction of sp³-hybridized carbons (Fsp3) is 0.667. The van der Waals surface area contributed by atoms with Crippen molar-refractivity contribution in [2.45, 2.75) is 24.9 Å². The molecule has 0 rings (SSSR count). The smallest absolute Gasteiger partial charge is 0.322 e. The van der Waals surface area contributed by atoms with E-state index in [4.69, 9.17) is 21.4 Å². The Bertz CT molecular complexity index is 328. The number of hydrogen-bond acceptors (Lipinski definition) is 6. The summed E-state index contributed by atoms with van der Waals surface area (Å²) in [5.74, 6) is -2.37. The van der Waals surface area contributed by atoms with Gasteiger partial charge in [0, 0.05) is 12.3 Å². The lowest BCUT2D eigenvalue weighted by molar-refractivity contribution is -0.142. The zero-order valence-electron chi connectivity index (χ0n) is 10.2. The Balaban J connectivity index is 4.08. The van der Waals surface area contributed by atoms with Gasteiger partial charge < -0.3 is 21.3 Å².